The summed E-state index contributed by atoms with van der Waals surface area (Å²) in [5.74, 6) is 1.25. The maximum Gasteiger partial charge on any atom is 0.321 e. The second-order valence-corrected chi connectivity index (χ2v) is 6.92. The number of nitrogens with one attached hydrogen (secondary N) is 2. The lowest BCUT2D eigenvalue weighted by Gasteiger charge is -2.32. The Morgan fingerprint density at radius 2 is 2.00 bits per heavy atom. The minimum atomic E-state index is -0.162. The predicted molar refractivity (Wildman–Crippen MR) is 98.8 cm³/mol. The quantitative estimate of drug-likeness (QED) is 0.831. The van der Waals surface area contributed by atoms with Crippen molar-refractivity contribution in [3.05, 3.63) is 24.3 Å². The molecule has 0 aliphatic carbocycles. The Labute approximate surface area is 149 Å². The van der Waals surface area contributed by atoms with Gasteiger partial charge in [-0.2, -0.15) is 0 Å². The van der Waals surface area contributed by atoms with E-state index in [4.69, 9.17) is 4.74 Å². The molecule has 1 unspecified atom stereocenters. The lowest BCUT2D eigenvalue weighted by molar-refractivity contribution is -0.126. The normalized spacial score (nSPS) is 17.3. The van der Waals surface area contributed by atoms with Gasteiger partial charge in [-0.05, 0) is 49.4 Å². The second-order valence-electron chi connectivity index (χ2n) is 6.92. The van der Waals surface area contributed by atoms with Crippen LogP contribution in [0.3, 0.4) is 0 Å². The van der Waals surface area contributed by atoms with E-state index in [2.05, 4.69) is 24.5 Å². The van der Waals surface area contributed by atoms with Crippen molar-refractivity contribution >= 4 is 17.6 Å². The first-order valence-corrected chi connectivity index (χ1v) is 8.97. The maximum atomic E-state index is 12.4. The zero-order chi connectivity index (χ0) is 18.2. The van der Waals surface area contributed by atoms with Gasteiger partial charge in [-0.15, -0.1) is 0 Å². The topological polar surface area (TPSA) is 70.7 Å². The molecule has 6 heteroatoms. The van der Waals surface area contributed by atoms with Crippen molar-refractivity contribution in [2.24, 2.45) is 11.8 Å². The highest BCUT2D eigenvalue weighted by Crippen LogP contribution is 2.19. The molecule has 0 bridgehead atoms. The third-order valence-corrected chi connectivity index (χ3v) is 4.44. The SMILES string of the molecule is COc1ccc(NC(=O)N2CCCC(C(=O)NCCC(C)C)C2)cc1. The van der Waals surface area contributed by atoms with E-state index < -0.39 is 0 Å². The molecule has 1 aliphatic rings. The van der Waals surface area contributed by atoms with Crippen LogP contribution in [0.4, 0.5) is 10.5 Å². The molecule has 1 heterocycles. The lowest BCUT2D eigenvalue weighted by atomic mass is 9.97. The third kappa shape index (κ3) is 5.96. The molecule has 2 N–H and O–H groups in total. The van der Waals surface area contributed by atoms with Crippen molar-refractivity contribution in [3.63, 3.8) is 0 Å². The summed E-state index contributed by atoms with van der Waals surface area (Å²) >= 11 is 0. The zero-order valence-corrected chi connectivity index (χ0v) is 15.4. The number of piperidine rings is 1. The summed E-state index contributed by atoms with van der Waals surface area (Å²) in [6.45, 7) is 6.12. The van der Waals surface area contributed by atoms with Crippen LogP contribution in [0.15, 0.2) is 24.3 Å². The minimum Gasteiger partial charge on any atom is -0.497 e. The van der Waals surface area contributed by atoms with Crippen LogP contribution >= 0.6 is 0 Å². The van der Waals surface area contributed by atoms with Gasteiger partial charge < -0.3 is 20.3 Å². The molecular formula is C19H29N3O3. The fourth-order valence-corrected chi connectivity index (χ4v) is 2.88. The van der Waals surface area contributed by atoms with E-state index in [0.29, 0.717) is 31.2 Å². The van der Waals surface area contributed by atoms with Gasteiger partial charge in [-0.1, -0.05) is 13.8 Å². The van der Waals surface area contributed by atoms with E-state index in [1.807, 2.05) is 0 Å². The largest absolute Gasteiger partial charge is 0.497 e. The van der Waals surface area contributed by atoms with Crippen molar-refractivity contribution in [3.8, 4) is 5.75 Å². The molecule has 0 saturated carbocycles. The number of hydrogen-bond acceptors (Lipinski definition) is 3. The summed E-state index contributed by atoms with van der Waals surface area (Å²) in [7, 11) is 1.60. The van der Waals surface area contributed by atoms with Crippen LogP contribution in [-0.4, -0.2) is 43.6 Å². The number of amides is 3. The molecule has 1 fully saturated rings. The molecule has 1 aliphatic heterocycles. The number of methoxy groups -OCH3 is 1. The molecule has 6 nitrogen and oxygen atoms in total. The summed E-state index contributed by atoms with van der Waals surface area (Å²) in [5, 5.41) is 5.87. The van der Waals surface area contributed by atoms with E-state index >= 15 is 0 Å². The number of nitrogens with zero attached hydrogens (tertiary/aromatic N) is 1. The standard InChI is InChI=1S/C19H29N3O3/c1-14(2)10-11-20-18(23)15-5-4-12-22(13-15)19(24)21-16-6-8-17(25-3)9-7-16/h6-9,14-15H,4-5,10-13H2,1-3H3,(H,20,23)(H,21,24). The highest BCUT2D eigenvalue weighted by Gasteiger charge is 2.28. The average Bonchev–Trinajstić information content (AvgIpc) is 2.62. The van der Waals surface area contributed by atoms with Crippen LogP contribution in [-0.2, 0) is 4.79 Å². The van der Waals surface area contributed by atoms with Gasteiger partial charge in [0.15, 0.2) is 0 Å². The van der Waals surface area contributed by atoms with Crippen LogP contribution in [0.5, 0.6) is 5.75 Å². The van der Waals surface area contributed by atoms with Crippen molar-refractivity contribution in [1.29, 1.82) is 0 Å². The molecule has 2 rings (SSSR count). The van der Waals surface area contributed by atoms with Gasteiger partial charge in [-0.25, -0.2) is 4.79 Å². The number of benzene rings is 1. The van der Waals surface area contributed by atoms with Gasteiger partial charge in [0.25, 0.3) is 0 Å². The Kier molecular flexibility index (Phi) is 7.10. The summed E-state index contributed by atoms with van der Waals surface area (Å²) in [5.41, 5.74) is 0.717. The van der Waals surface area contributed by atoms with Gasteiger partial charge in [0, 0.05) is 25.3 Å². The van der Waals surface area contributed by atoms with E-state index in [-0.39, 0.29) is 17.9 Å². The van der Waals surface area contributed by atoms with Crippen LogP contribution in [0.1, 0.15) is 33.1 Å². The highest BCUT2D eigenvalue weighted by molar-refractivity contribution is 5.90. The fraction of sp³-hybridized carbons (Fsp3) is 0.579. The number of anilines is 1. The molecule has 138 valence electrons. The van der Waals surface area contributed by atoms with Crippen LogP contribution in [0.2, 0.25) is 0 Å². The molecule has 0 radical (unpaired) electrons. The van der Waals surface area contributed by atoms with Crippen LogP contribution in [0.25, 0.3) is 0 Å². The van der Waals surface area contributed by atoms with Crippen LogP contribution in [0, 0.1) is 11.8 Å². The van der Waals surface area contributed by atoms with E-state index in [0.717, 1.165) is 25.0 Å². The Bertz CT molecular complexity index is 572. The smallest absolute Gasteiger partial charge is 0.321 e. The van der Waals surface area contributed by atoms with Gasteiger partial charge >= 0.3 is 6.03 Å². The lowest BCUT2D eigenvalue weighted by Crippen LogP contribution is -2.47. The van der Waals surface area contributed by atoms with Crippen molar-refractivity contribution < 1.29 is 14.3 Å². The molecule has 1 saturated heterocycles. The summed E-state index contributed by atoms with van der Waals surface area (Å²) in [4.78, 5) is 26.5. The fourth-order valence-electron chi connectivity index (χ4n) is 2.88. The number of carbonyl (C=O) groups is 2. The Hall–Kier alpha value is -2.24. The van der Waals surface area contributed by atoms with Crippen molar-refractivity contribution in [1.82, 2.24) is 10.2 Å². The first kappa shape index (κ1) is 19.1. The summed E-state index contributed by atoms with van der Waals surface area (Å²) < 4.78 is 5.11. The van der Waals surface area contributed by atoms with E-state index in [9.17, 15) is 9.59 Å². The zero-order valence-electron chi connectivity index (χ0n) is 15.4. The Balaban J connectivity index is 1.84. The monoisotopic (exact) mass is 347 g/mol. The van der Waals surface area contributed by atoms with Gasteiger partial charge in [0.2, 0.25) is 5.91 Å². The molecule has 0 aromatic heterocycles. The molecule has 0 spiro atoms. The molecule has 1 atom stereocenters. The first-order chi connectivity index (χ1) is 12.0. The van der Waals surface area contributed by atoms with E-state index in [1.54, 1.807) is 36.3 Å². The molecule has 3 amide bonds. The van der Waals surface area contributed by atoms with Gasteiger partial charge in [0.05, 0.1) is 13.0 Å². The second kappa shape index (κ2) is 9.30. The number of rotatable bonds is 6. The Morgan fingerprint density at radius 1 is 1.28 bits per heavy atom. The average molecular weight is 347 g/mol. The number of carbonyl (C=O) groups excluding carboxylic acids is 2. The number of urea groups is 1. The van der Waals surface area contributed by atoms with Gasteiger partial charge in [0.1, 0.15) is 5.75 Å². The Morgan fingerprint density at radius 3 is 2.64 bits per heavy atom. The first-order valence-electron chi connectivity index (χ1n) is 8.97. The summed E-state index contributed by atoms with van der Waals surface area (Å²) in [6.07, 6.45) is 2.65. The highest BCUT2D eigenvalue weighted by atomic mass is 16.5. The predicted octanol–water partition coefficient (Wildman–Crippen LogP) is 3.10. The number of hydrogen-bond donors (Lipinski definition) is 2. The number of likely N-dealkylation sites (tertiary alicyclic amines) is 1. The van der Waals surface area contributed by atoms with Gasteiger partial charge in [-0.3, -0.25) is 4.79 Å². The molecule has 1 aromatic rings. The molecule has 1 aromatic carbocycles. The third-order valence-electron chi connectivity index (χ3n) is 4.44. The van der Waals surface area contributed by atoms with E-state index in [1.165, 1.54) is 0 Å². The number of ether oxygens (including phenoxy) is 1. The molecule has 25 heavy (non-hydrogen) atoms. The minimum absolute atomic E-state index is 0.0580. The molecular weight excluding hydrogens is 318 g/mol. The van der Waals surface area contributed by atoms with Crippen LogP contribution < -0.4 is 15.4 Å². The maximum absolute atomic E-state index is 12.4. The summed E-state index contributed by atoms with van der Waals surface area (Å²) in [6, 6.07) is 7.05. The van der Waals surface area contributed by atoms with Crippen molar-refractivity contribution in [2.45, 2.75) is 33.1 Å². The van der Waals surface area contributed by atoms with Crippen molar-refractivity contribution in [2.75, 3.05) is 32.1 Å².